The van der Waals surface area contributed by atoms with Crippen LogP contribution >= 0.6 is 0 Å². The van der Waals surface area contributed by atoms with Gasteiger partial charge in [-0.3, -0.25) is 0 Å². The van der Waals surface area contributed by atoms with Crippen molar-refractivity contribution in [1.29, 1.82) is 0 Å². The fourth-order valence-corrected chi connectivity index (χ4v) is 3.18. The summed E-state index contributed by atoms with van der Waals surface area (Å²) in [6.45, 7) is 4.44. The van der Waals surface area contributed by atoms with Crippen LogP contribution in [0, 0.1) is 5.92 Å². The zero-order chi connectivity index (χ0) is 14.9. The number of aromatic nitrogens is 4. The number of nitrogens with zero attached hydrogens (tertiary/aromatic N) is 5. The van der Waals surface area contributed by atoms with Gasteiger partial charge in [0.15, 0.2) is 0 Å². The first-order chi connectivity index (χ1) is 10.8. The number of benzene rings is 1. The minimum absolute atomic E-state index is 0.662. The van der Waals surface area contributed by atoms with Gasteiger partial charge in [-0.25, -0.2) is 4.98 Å². The summed E-state index contributed by atoms with van der Waals surface area (Å²) in [5.41, 5.74) is 2.06. The number of anilines is 1. The molecule has 5 nitrogen and oxygen atoms in total. The average molecular weight is 293 g/mol. The molecule has 1 aromatic carbocycles. The van der Waals surface area contributed by atoms with Gasteiger partial charge in [-0.15, -0.1) is 0 Å². The van der Waals surface area contributed by atoms with Gasteiger partial charge in [-0.1, -0.05) is 37.3 Å². The second-order valence-electron chi connectivity index (χ2n) is 6.03. The van der Waals surface area contributed by atoms with Gasteiger partial charge in [0.05, 0.1) is 5.69 Å². The first-order valence-corrected chi connectivity index (χ1v) is 7.82. The summed E-state index contributed by atoms with van der Waals surface area (Å²) < 4.78 is 1.85. The molecule has 1 aliphatic heterocycles. The van der Waals surface area contributed by atoms with E-state index >= 15 is 0 Å². The number of fused-ring (bicyclic) bond motifs is 1. The van der Waals surface area contributed by atoms with E-state index in [0.717, 1.165) is 30.2 Å². The third kappa shape index (κ3) is 2.32. The van der Waals surface area contributed by atoms with Gasteiger partial charge in [0.25, 0.3) is 5.78 Å². The van der Waals surface area contributed by atoms with E-state index in [9.17, 15) is 0 Å². The van der Waals surface area contributed by atoms with E-state index in [-0.39, 0.29) is 0 Å². The molecule has 1 saturated heterocycles. The Bertz CT molecular complexity index is 780. The second-order valence-corrected chi connectivity index (χ2v) is 6.03. The Morgan fingerprint density at radius 1 is 1.18 bits per heavy atom. The predicted molar refractivity (Wildman–Crippen MR) is 86.8 cm³/mol. The van der Waals surface area contributed by atoms with Crippen molar-refractivity contribution in [3.63, 3.8) is 0 Å². The van der Waals surface area contributed by atoms with Crippen LogP contribution in [0.4, 0.5) is 5.82 Å². The smallest absolute Gasteiger partial charge is 0.254 e. The van der Waals surface area contributed by atoms with Gasteiger partial charge in [0.2, 0.25) is 0 Å². The number of piperidine rings is 1. The van der Waals surface area contributed by atoms with E-state index < -0.39 is 0 Å². The summed E-state index contributed by atoms with van der Waals surface area (Å²) in [5, 5.41) is 4.36. The highest BCUT2D eigenvalue weighted by atomic mass is 15.4. The maximum atomic E-state index is 4.64. The van der Waals surface area contributed by atoms with Crippen LogP contribution in [0.1, 0.15) is 19.8 Å². The minimum Gasteiger partial charge on any atom is -0.356 e. The summed E-state index contributed by atoms with van der Waals surface area (Å²) in [7, 11) is 0. The maximum absolute atomic E-state index is 4.64. The first kappa shape index (κ1) is 13.2. The van der Waals surface area contributed by atoms with Gasteiger partial charge in [0.1, 0.15) is 12.1 Å². The van der Waals surface area contributed by atoms with Crippen LogP contribution in [-0.2, 0) is 0 Å². The Balaban J connectivity index is 1.84. The molecule has 0 aliphatic carbocycles. The van der Waals surface area contributed by atoms with Crippen molar-refractivity contribution < 1.29 is 0 Å². The molecule has 0 N–H and O–H groups in total. The van der Waals surface area contributed by atoms with Crippen molar-refractivity contribution in [2.45, 2.75) is 19.8 Å². The van der Waals surface area contributed by atoms with E-state index in [4.69, 9.17) is 0 Å². The van der Waals surface area contributed by atoms with Crippen molar-refractivity contribution in [2.75, 3.05) is 18.0 Å². The molecule has 2 aromatic heterocycles. The van der Waals surface area contributed by atoms with Gasteiger partial charge >= 0.3 is 0 Å². The van der Waals surface area contributed by atoms with Crippen LogP contribution in [0.2, 0.25) is 0 Å². The number of hydrogen-bond acceptors (Lipinski definition) is 4. The fraction of sp³-hybridized carbons (Fsp3) is 0.353. The average Bonchev–Trinajstić information content (AvgIpc) is 3.03. The summed E-state index contributed by atoms with van der Waals surface area (Å²) in [6.07, 6.45) is 4.10. The molecule has 4 rings (SSSR count). The molecule has 112 valence electrons. The molecule has 0 spiro atoms. The molecule has 0 radical (unpaired) electrons. The molecule has 1 aliphatic rings. The lowest BCUT2D eigenvalue weighted by Gasteiger charge is -2.32. The van der Waals surface area contributed by atoms with Crippen LogP contribution in [0.15, 0.2) is 42.7 Å². The molecule has 0 saturated carbocycles. The summed E-state index contributed by atoms with van der Waals surface area (Å²) in [6, 6.07) is 12.4. The van der Waals surface area contributed by atoms with Crippen molar-refractivity contribution in [3.8, 4) is 11.3 Å². The van der Waals surface area contributed by atoms with Gasteiger partial charge < -0.3 is 4.90 Å². The molecule has 1 fully saturated rings. The maximum Gasteiger partial charge on any atom is 0.254 e. The Morgan fingerprint density at radius 3 is 2.86 bits per heavy atom. The standard InChI is InChI=1S/C17H19N5/c1-13-6-5-9-21(11-13)16-10-15(14-7-3-2-4-8-14)20-17-18-12-19-22(16)17/h2-4,7-8,10,12-13H,5-6,9,11H2,1H3/t13-/m1/s1. The largest absolute Gasteiger partial charge is 0.356 e. The van der Waals surface area contributed by atoms with Crippen molar-refractivity contribution in [3.05, 3.63) is 42.7 Å². The third-order valence-electron chi connectivity index (χ3n) is 4.28. The molecule has 3 aromatic rings. The molecule has 0 bridgehead atoms. The van der Waals surface area contributed by atoms with Crippen LogP contribution in [-0.4, -0.2) is 32.7 Å². The topological polar surface area (TPSA) is 46.3 Å². The van der Waals surface area contributed by atoms with Gasteiger partial charge in [-0.05, 0) is 18.8 Å². The predicted octanol–water partition coefficient (Wildman–Crippen LogP) is 3.03. The Morgan fingerprint density at radius 2 is 2.05 bits per heavy atom. The Hall–Kier alpha value is -2.43. The highest BCUT2D eigenvalue weighted by Gasteiger charge is 2.20. The van der Waals surface area contributed by atoms with Crippen LogP contribution < -0.4 is 4.90 Å². The lowest BCUT2D eigenvalue weighted by molar-refractivity contribution is 0.442. The van der Waals surface area contributed by atoms with Crippen LogP contribution in [0.25, 0.3) is 17.0 Å². The monoisotopic (exact) mass is 293 g/mol. The highest BCUT2D eigenvalue weighted by Crippen LogP contribution is 2.27. The molecule has 1 atom stereocenters. The highest BCUT2D eigenvalue weighted by molar-refractivity contribution is 5.65. The van der Waals surface area contributed by atoms with Crippen molar-refractivity contribution in [1.82, 2.24) is 19.6 Å². The van der Waals surface area contributed by atoms with E-state index in [0.29, 0.717) is 11.7 Å². The normalized spacial score (nSPS) is 18.8. The van der Waals surface area contributed by atoms with E-state index in [1.165, 1.54) is 12.8 Å². The number of hydrogen-bond donors (Lipinski definition) is 0. The van der Waals surface area contributed by atoms with Gasteiger partial charge in [0, 0.05) is 24.7 Å². The van der Waals surface area contributed by atoms with Gasteiger partial charge in [-0.2, -0.15) is 14.6 Å². The zero-order valence-corrected chi connectivity index (χ0v) is 12.7. The molecule has 0 amide bonds. The third-order valence-corrected chi connectivity index (χ3v) is 4.28. The minimum atomic E-state index is 0.662. The fourth-order valence-electron chi connectivity index (χ4n) is 3.18. The van der Waals surface area contributed by atoms with E-state index in [1.54, 1.807) is 6.33 Å². The quantitative estimate of drug-likeness (QED) is 0.728. The molecule has 3 heterocycles. The molecule has 0 unspecified atom stereocenters. The number of rotatable bonds is 2. The van der Waals surface area contributed by atoms with E-state index in [1.807, 2.05) is 22.7 Å². The Kier molecular flexibility index (Phi) is 3.25. The SMILES string of the molecule is C[C@@H]1CCCN(c2cc(-c3ccccc3)nc3ncnn23)C1. The van der Waals surface area contributed by atoms with Crippen molar-refractivity contribution in [2.24, 2.45) is 5.92 Å². The lowest BCUT2D eigenvalue weighted by Crippen LogP contribution is -2.35. The second kappa shape index (κ2) is 5.40. The molecular weight excluding hydrogens is 274 g/mol. The summed E-state index contributed by atoms with van der Waals surface area (Å²) in [4.78, 5) is 11.3. The van der Waals surface area contributed by atoms with Crippen LogP contribution in [0.5, 0.6) is 0 Å². The summed E-state index contributed by atoms with van der Waals surface area (Å²) in [5.74, 6) is 2.46. The lowest BCUT2D eigenvalue weighted by atomic mass is 10.0. The zero-order valence-electron chi connectivity index (χ0n) is 12.7. The Labute approximate surface area is 129 Å². The molecule has 22 heavy (non-hydrogen) atoms. The van der Waals surface area contributed by atoms with E-state index in [2.05, 4.69) is 45.1 Å². The molecular formula is C17H19N5. The van der Waals surface area contributed by atoms with Crippen molar-refractivity contribution >= 4 is 11.6 Å². The molecule has 5 heteroatoms. The summed E-state index contributed by atoms with van der Waals surface area (Å²) >= 11 is 0. The first-order valence-electron chi connectivity index (χ1n) is 7.82. The van der Waals surface area contributed by atoms with Crippen LogP contribution in [0.3, 0.4) is 0 Å².